The number of methoxy groups -OCH3 is 2. The molecular weight excluding hydrogens is 673 g/mol. The van der Waals surface area contributed by atoms with Gasteiger partial charge in [0.05, 0.1) is 25.7 Å². The molecule has 1 saturated carbocycles. The van der Waals surface area contributed by atoms with E-state index in [2.05, 4.69) is 4.90 Å². The summed E-state index contributed by atoms with van der Waals surface area (Å²) in [4.78, 5) is 46.5. The fraction of sp³-hybridized carbons (Fsp3) is 0.476. The number of carbonyl (C=O) groups excluding carboxylic acids is 2. The fourth-order valence-electron chi connectivity index (χ4n) is 8.48. The summed E-state index contributed by atoms with van der Waals surface area (Å²) >= 11 is 0. The van der Waals surface area contributed by atoms with Gasteiger partial charge in [-0.25, -0.2) is 4.39 Å². The quantitative estimate of drug-likeness (QED) is 0.205. The van der Waals surface area contributed by atoms with Gasteiger partial charge in [0.2, 0.25) is 5.91 Å². The highest BCUT2D eigenvalue weighted by molar-refractivity contribution is 6.02. The first kappa shape index (κ1) is 37.8. The molecular formula is C42H50FN5O5. The summed E-state index contributed by atoms with van der Waals surface area (Å²) in [7, 11) is 5.05. The van der Waals surface area contributed by atoms with Gasteiger partial charge in [-0.1, -0.05) is 44.2 Å². The predicted octanol–water partition coefficient (Wildman–Crippen LogP) is 5.73. The van der Waals surface area contributed by atoms with E-state index in [1.165, 1.54) is 24.6 Å². The molecule has 10 nitrogen and oxygen atoms in total. The second kappa shape index (κ2) is 16.4. The summed E-state index contributed by atoms with van der Waals surface area (Å²) in [6.07, 6.45) is 8.88. The lowest BCUT2D eigenvalue weighted by Crippen LogP contribution is -2.51. The first-order chi connectivity index (χ1) is 25.5. The number of amides is 2. The van der Waals surface area contributed by atoms with Crippen molar-refractivity contribution in [1.29, 1.82) is 5.26 Å². The first-order valence-corrected chi connectivity index (χ1v) is 18.6. The maximum atomic E-state index is 14.3. The minimum Gasteiger partial charge on any atom is -0.496 e. The van der Waals surface area contributed by atoms with E-state index in [9.17, 15) is 24.0 Å². The molecule has 2 atom stereocenters. The van der Waals surface area contributed by atoms with Gasteiger partial charge >= 0.3 is 0 Å². The third-order valence-electron chi connectivity index (χ3n) is 11.7. The van der Waals surface area contributed by atoms with Crippen LogP contribution in [0.1, 0.15) is 54.4 Å². The van der Waals surface area contributed by atoms with Gasteiger partial charge in [0.1, 0.15) is 29.0 Å². The van der Waals surface area contributed by atoms with Crippen molar-refractivity contribution in [2.45, 2.75) is 52.5 Å². The molecule has 0 bridgehead atoms. The second-order valence-corrected chi connectivity index (χ2v) is 14.8. The van der Waals surface area contributed by atoms with Crippen molar-refractivity contribution in [3.8, 4) is 28.7 Å². The van der Waals surface area contributed by atoms with Crippen LogP contribution in [0, 0.1) is 48.7 Å². The molecule has 3 aromatic rings. The molecule has 3 fully saturated rings. The topological polar surface area (TPSA) is 108 Å². The number of hydrogen-bond acceptors (Lipinski definition) is 7. The number of aryl methyl sites for hydroxylation is 1. The number of piperazine rings is 1. The number of aromatic nitrogens is 1. The largest absolute Gasteiger partial charge is 0.496 e. The Morgan fingerprint density at radius 2 is 1.57 bits per heavy atom. The zero-order chi connectivity index (χ0) is 37.8. The molecule has 3 aliphatic rings. The lowest BCUT2D eigenvalue weighted by Gasteiger charge is -2.38. The number of rotatable bonds is 9. The summed E-state index contributed by atoms with van der Waals surface area (Å²) in [5.41, 5.74) is 4.91. The molecule has 2 saturated heterocycles. The zero-order valence-electron chi connectivity index (χ0n) is 31.5. The Kier molecular flexibility index (Phi) is 11.7. The van der Waals surface area contributed by atoms with E-state index in [0.717, 1.165) is 47.9 Å². The van der Waals surface area contributed by atoms with Gasteiger partial charge in [-0.3, -0.25) is 19.3 Å². The van der Waals surface area contributed by atoms with Crippen LogP contribution in [0.5, 0.6) is 11.5 Å². The minimum atomic E-state index is -0.387. The number of pyridine rings is 1. The Hall–Kier alpha value is -4.95. The molecule has 1 aliphatic carbocycles. The van der Waals surface area contributed by atoms with Gasteiger partial charge in [0.25, 0.3) is 11.5 Å². The van der Waals surface area contributed by atoms with Crippen molar-refractivity contribution < 1.29 is 23.5 Å². The maximum Gasteiger partial charge on any atom is 0.264 e. The predicted molar refractivity (Wildman–Crippen MR) is 202 cm³/mol. The SMILES string of the molecule is COc1cc(-c2cn(C)c(=O)c(C)c2C)cc(OC)c1CN1CCN(C(=O)[C@@H]2CN(C(=O)/C(C#N)=C/c3ccc(F)cc3)C[C@H]2C2CCCCC2)CC1. The zero-order valence-corrected chi connectivity index (χ0v) is 31.5. The van der Waals surface area contributed by atoms with E-state index in [4.69, 9.17) is 9.47 Å². The van der Waals surface area contributed by atoms with Gasteiger partial charge in [-0.15, -0.1) is 0 Å². The normalized spacial score (nSPS) is 20.0. The number of hydrogen-bond donors (Lipinski definition) is 0. The van der Waals surface area contributed by atoms with Gasteiger partial charge in [0, 0.05) is 70.2 Å². The van der Waals surface area contributed by atoms with Crippen LogP contribution in [0.2, 0.25) is 0 Å². The van der Waals surface area contributed by atoms with Crippen LogP contribution in [-0.4, -0.2) is 84.6 Å². The number of ether oxygens (including phenoxy) is 2. The minimum absolute atomic E-state index is 0.0146. The van der Waals surface area contributed by atoms with E-state index in [1.54, 1.807) is 42.9 Å². The molecule has 1 aromatic heterocycles. The lowest BCUT2D eigenvalue weighted by atomic mass is 9.75. The molecule has 11 heteroatoms. The highest BCUT2D eigenvalue weighted by atomic mass is 19.1. The summed E-state index contributed by atoms with van der Waals surface area (Å²) in [6, 6.07) is 11.7. The molecule has 53 heavy (non-hydrogen) atoms. The van der Waals surface area contributed by atoms with E-state index in [1.807, 2.05) is 43.1 Å². The summed E-state index contributed by atoms with van der Waals surface area (Å²) in [5, 5.41) is 9.92. The Morgan fingerprint density at radius 3 is 2.17 bits per heavy atom. The smallest absolute Gasteiger partial charge is 0.264 e. The molecule has 0 spiro atoms. The molecule has 6 rings (SSSR count). The van der Waals surface area contributed by atoms with Crippen molar-refractivity contribution in [3.63, 3.8) is 0 Å². The third kappa shape index (κ3) is 8.03. The van der Waals surface area contributed by atoms with Crippen LogP contribution in [-0.2, 0) is 23.2 Å². The van der Waals surface area contributed by atoms with Crippen LogP contribution in [0.4, 0.5) is 4.39 Å². The van der Waals surface area contributed by atoms with Gasteiger partial charge in [-0.2, -0.15) is 5.26 Å². The fourth-order valence-corrected chi connectivity index (χ4v) is 8.48. The van der Waals surface area contributed by atoms with Gasteiger partial charge < -0.3 is 23.8 Å². The van der Waals surface area contributed by atoms with Gasteiger partial charge in [-0.05, 0) is 72.7 Å². The van der Waals surface area contributed by atoms with Crippen LogP contribution in [0.15, 0.2) is 53.0 Å². The molecule has 2 aromatic carbocycles. The van der Waals surface area contributed by atoms with E-state index >= 15 is 0 Å². The van der Waals surface area contributed by atoms with Gasteiger partial charge in [0.15, 0.2) is 0 Å². The van der Waals surface area contributed by atoms with Crippen molar-refractivity contribution in [2.24, 2.45) is 24.8 Å². The van der Waals surface area contributed by atoms with Crippen LogP contribution >= 0.6 is 0 Å². The molecule has 0 N–H and O–H groups in total. The third-order valence-corrected chi connectivity index (χ3v) is 11.7. The summed E-state index contributed by atoms with van der Waals surface area (Å²) < 4.78 is 26.9. The summed E-state index contributed by atoms with van der Waals surface area (Å²) in [5.74, 6) is 0.785. The monoisotopic (exact) mass is 723 g/mol. The highest BCUT2D eigenvalue weighted by Gasteiger charge is 2.45. The number of benzene rings is 2. The molecule has 0 radical (unpaired) electrons. The number of carbonyl (C=O) groups is 2. The van der Waals surface area contributed by atoms with Crippen molar-refractivity contribution in [3.05, 3.63) is 86.6 Å². The molecule has 2 aliphatic heterocycles. The van der Waals surface area contributed by atoms with Crippen LogP contribution in [0.3, 0.4) is 0 Å². The molecule has 2 amide bonds. The Labute approximate surface area is 311 Å². The lowest BCUT2D eigenvalue weighted by molar-refractivity contribution is -0.139. The van der Waals surface area contributed by atoms with Crippen molar-refractivity contribution >= 4 is 17.9 Å². The first-order valence-electron chi connectivity index (χ1n) is 18.6. The van der Waals surface area contributed by atoms with E-state index < -0.39 is 0 Å². The summed E-state index contributed by atoms with van der Waals surface area (Å²) in [6.45, 7) is 7.58. The van der Waals surface area contributed by atoms with Crippen LogP contribution in [0.25, 0.3) is 17.2 Å². The van der Waals surface area contributed by atoms with Crippen LogP contribution < -0.4 is 15.0 Å². The van der Waals surface area contributed by atoms with E-state index in [-0.39, 0.29) is 47.1 Å². The van der Waals surface area contributed by atoms with Crippen molar-refractivity contribution in [1.82, 2.24) is 19.3 Å². The highest BCUT2D eigenvalue weighted by Crippen LogP contribution is 2.40. The molecule has 3 heterocycles. The maximum absolute atomic E-state index is 14.3. The average molecular weight is 724 g/mol. The Balaban J connectivity index is 1.16. The standard InChI is InChI=1S/C42H50FN5O5/c1-27-28(2)40(49)45(3)23-34(27)31-20-38(52-4)37(39(21-31)53-5)24-46-15-17-47(18-16-46)42(51)36-26-48(25-35(36)30-9-7-6-8-10-30)41(50)32(22-44)19-29-11-13-33(43)14-12-29/h11-14,19-21,23,30,35-36H,6-10,15-18,24-26H2,1-5H3/b32-19+/t35-,36+/m0/s1. The van der Waals surface area contributed by atoms with E-state index in [0.29, 0.717) is 67.8 Å². The number of halogens is 1. The molecule has 280 valence electrons. The average Bonchev–Trinajstić information content (AvgIpc) is 3.64. The second-order valence-electron chi connectivity index (χ2n) is 14.8. The number of likely N-dealkylation sites (tertiary alicyclic amines) is 1. The Morgan fingerprint density at radius 1 is 0.925 bits per heavy atom. The Bertz CT molecular complexity index is 1940. The number of nitrogens with zero attached hydrogens (tertiary/aromatic N) is 5. The molecule has 0 unspecified atom stereocenters. The van der Waals surface area contributed by atoms with Crippen molar-refractivity contribution in [2.75, 3.05) is 53.5 Å². The number of nitriles is 1.